The Labute approximate surface area is 264 Å². The standard InChI is InChI=1S/C35H32BrNO7/c1-42-35(41)37-33(39)27-18-24(19-43-26-10-6-3-7-11-26)31-28(32(27)34(37)40)20-44-30(31)15-12-22(21-8-4-2-5-9-21)16-23-17-25(36)13-14-29(23)38/h2-11,13-14,16-17,27-28,30,32,38H,12,15,18-20H2,1H3/b22-16-/t27-,28+,30-,32-/m1/s1. The molecule has 0 bridgehead atoms. The number of fused-ring (bicyclic) bond motifs is 3. The number of nitrogens with zero attached hydrogens (tertiary/aromatic N) is 1. The van der Waals surface area contributed by atoms with Gasteiger partial charge < -0.3 is 19.3 Å². The van der Waals surface area contributed by atoms with Gasteiger partial charge in [0.25, 0.3) is 0 Å². The van der Waals surface area contributed by atoms with Gasteiger partial charge in [-0.1, -0.05) is 64.5 Å². The van der Waals surface area contributed by atoms with Crippen molar-refractivity contribution in [3.63, 3.8) is 0 Å². The summed E-state index contributed by atoms with van der Waals surface area (Å²) in [6.07, 6.45) is 2.25. The minimum Gasteiger partial charge on any atom is -0.507 e. The van der Waals surface area contributed by atoms with Crippen LogP contribution >= 0.6 is 15.9 Å². The summed E-state index contributed by atoms with van der Waals surface area (Å²) < 4.78 is 18.2. The lowest BCUT2D eigenvalue weighted by Crippen LogP contribution is -2.38. The van der Waals surface area contributed by atoms with Crippen LogP contribution in [0, 0.1) is 17.8 Å². The third-order valence-corrected chi connectivity index (χ3v) is 9.15. The summed E-state index contributed by atoms with van der Waals surface area (Å²) in [5.41, 5.74) is 4.64. The average Bonchev–Trinajstić information content (AvgIpc) is 3.58. The number of ether oxygens (including phenoxy) is 3. The summed E-state index contributed by atoms with van der Waals surface area (Å²) >= 11 is 3.50. The first-order valence-electron chi connectivity index (χ1n) is 14.6. The number of carbonyl (C=O) groups is 3. The van der Waals surface area contributed by atoms with Crippen molar-refractivity contribution in [1.82, 2.24) is 4.90 Å². The molecule has 8 nitrogen and oxygen atoms in total. The number of phenolic OH excluding ortho intramolecular Hbond substituents is 1. The number of likely N-dealkylation sites (tertiary alicyclic amines) is 1. The number of aromatic hydroxyl groups is 1. The number of amides is 3. The molecule has 3 aromatic carbocycles. The summed E-state index contributed by atoms with van der Waals surface area (Å²) in [6.45, 7) is 0.507. The van der Waals surface area contributed by atoms with Crippen LogP contribution in [0.1, 0.15) is 30.4 Å². The van der Waals surface area contributed by atoms with E-state index in [1.165, 1.54) is 0 Å². The number of allylic oxidation sites excluding steroid dienone is 1. The van der Waals surface area contributed by atoms with E-state index in [0.29, 0.717) is 35.5 Å². The predicted molar refractivity (Wildman–Crippen MR) is 167 cm³/mol. The normalized spacial score (nSPS) is 23.0. The van der Waals surface area contributed by atoms with Gasteiger partial charge in [-0.25, -0.2) is 4.79 Å². The summed E-state index contributed by atoms with van der Waals surface area (Å²) in [5, 5.41) is 10.6. The minimum absolute atomic E-state index is 0.180. The highest BCUT2D eigenvalue weighted by atomic mass is 79.9. The molecule has 2 saturated heterocycles. The molecule has 2 fully saturated rings. The first-order chi connectivity index (χ1) is 21.4. The SMILES string of the molecule is COC(=O)N1C(=O)[C@@H]2[C@@H](CC(COc3ccccc3)=C3[C@@H](CC/C(=C/c4cc(Br)ccc4O)c4ccccc4)OC[C@@H]32)C1=O. The van der Waals surface area contributed by atoms with Crippen LogP contribution in [0.15, 0.2) is 94.5 Å². The Hall–Kier alpha value is -4.21. The monoisotopic (exact) mass is 657 g/mol. The number of carbonyl (C=O) groups excluding carboxylic acids is 3. The third kappa shape index (κ3) is 5.81. The molecule has 0 unspecified atom stereocenters. The molecule has 226 valence electrons. The Morgan fingerprint density at radius 3 is 2.48 bits per heavy atom. The second-order valence-corrected chi connectivity index (χ2v) is 12.1. The van der Waals surface area contributed by atoms with Crippen LogP contribution < -0.4 is 4.74 Å². The predicted octanol–water partition coefficient (Wildman–Crippen LogP) is 6.64. The van der Waals surface area contributed by atoms with Gasteiger partial charge >= 0.3 is 6.09 Å². The van der Waals surface area contributed by atoms with E-state index in [4.69, 9.17) is 14.2 Å². The van der Waals surface area contributed by atoms with Crippen LogP contribution in [0.5, 0.6) is 11.5 Å². The summed E-state index contributed by atoms with van der Waals surface area (Å²) in [7, 11) is 1.16. The fraction of sp³-hybridized carbons (Fsp3) is 0.286. The summed E-state index contributed by atoms with van der Waals surface area (Å²) in [4.78, 5) is 39.8. The first kappa shape index (κ1) is 29.8. The van der Waals surface area contributed by atoms with Gasteiger partial charge in [-0.05, 0) is 78.0 Å². The lowest BCUT2D eigenvalue weighted by molar-refractivity contribution is -0.137. The van der Waals surface area contributed by atoms with Gasteiger partial charge in [0.2, 0.25) is 11.8 Å². The molecule has 4 atom stereocenters. The number of imide groups is 3. The second-order valence-electron chi connectivity index (χ2n) is 11.2. The zero-order chi connectivity index (χ0) is 30.8. The number of methoxy groups -OCH3 is 1. The maximum Gasteiger partial charge on any atom is 0.423 e. The maximum atomic E-state index is 13.5. The molecule has 3 aliphatic rings. The highest BCUT2D eigenvalue weighted by molar-refractivity contribution is 9.10. The largest absolute Gasteiger partial charge is 0.507 e. The molecule has 3 amide bonds. The number of hydrogen-bond acceptors (Lipinski definition) is 7. The average molecular weight is 659 g/mol. The minimum atomic E-state index is -0.957. The molecule has 0 spiro atoms. The Balaban J connectivity index is 1.32. The molecule has 1 aliphatic carbocycles. The molecule has 6 rings (SSSR count). The second kappa shape index (κ2) is 12.8. The van der Waals surface area contributed by atoms with Gasteiger partial charge in [-0.15, -0.1) is 0 Å². The Morgan fingerprint density at radius 1 is 1.02 bits per heavy atom. The smallest absolute Gasteiger partial charge is 0.423 e. The van der Waals surface area contributed by atoms with Crippen molar-refractivity contribution in [3.8, 4) is 11.5 Å². The van der Waals surface area contributed by atoms with E-state index in [9.17, 15) is 19.5 Å². The van der Waals surface area contributed by atoms with Crippen molar-refractivity contribution in [2.75, 3.05) is 20.3 Å². The van der Waals surface area contributed by atoms with Crippen LogP contribution in [-0.2, 0) is 19.1 Å². The third-order valence-electron chi connectivity index (χ3n) is 8.66. The number of rotatable bonds is 8. The highest BCUT2D eigenvalue weighted by Gasteiger charge is 2.59. The van der Waals surface area contributed by atoms with Crippen molar-refractivity contribution < 1.29 is 33.7 Å². The first-order valence-corrected chi connectivity index (χ1v) is 15.4. The van der Waals surface area contributed by atoms with Gasteiger partial charge in [0.05, 0.1) is 31.7 Å². The fourth-order valence-corrected chi connectivity index (χ4v) is 7.01. The molecular formula is C35H32BrNO7. The van der Waals surface area contributed by atoms with E-state index in [2.05, 4.69) is 15.9 Å². The molecule has 44 heavy (non-hydrogen) atoms. The molecule has 2 aliphatic heterocycles. The molecule has 9 heteroatoms. The Morgan fingerprint density at radius 2 is 1.75 bits per heavy atom. The van der Waals surface area contributed by atoms with Gasteiger partial charge in [0, 0.05) is 16.0 Å². The van der Waals surface area contributed by atoms with Crippen LogP contribution in [-0.4, -0.2) is 54.3 Å². The fourth-order valence-electron chi connectivity index (χ4n) is 6.63. The Kier molecular flexibility index (Phi) is 8.68. The van der Waals surface area contributed by atoms with Gasteiger partial charge in [-0.3, -0.25) is 9.59 Å². The van der Waals surface area contributed by atoms with Crippen molar-refractivity contribution in [2.45, 2.75) is 25.4 Å². The molecular weight excluding hydrogens is 626 g/mol. The van der Waals surface area contributed by atoms with Crippen LogP contribution in [0.2, 0.25) is 0 Å². The molecule has 0 aromatic heterocycles. The molecule has 1 N–H and O–H groups in total. The topological polar surface area (TPSA) is 102 Å². The molecule has 3 aromatic rings. The zero-order valence-electron chi connectivity index (χ0n) is 24.1. The van der Waals surface area contributed by atoms with Crippen molar-refractivity contribution >= 4 is 45.5 Å². The Bertz CT molecular complexity index is 1640. The highest BCUT2D eigenvalue weighted by Crippen LogP contribution is 2.50. The maximum absolute atomic E-state index is 13.5. The van der Waals surface area contributed by atoms with Gasteiger partial charge in [0.15, 0.2) is 0 Å². The lowest BCUT2D eigenvalue weighted by atomic mass is 9.69. The number of para-hydroxylation sites is 1. The molecule has 2 heterocycles. The van der Waals surface area contributed by atoms with Crippen molar-refractivity contribution in [3.05, 3.63) is 106 Å². The number of benzene rings is 3. The van der Waals surface area contributed by atoms with E-state index >= 15 is 0 Å². The van der Waals surface area contributed by atoms with Crippen molar-refractivity contribution in [1.29, 1.82) is 0 Å². The quantitative estimate of drug-likeness (QED) is 0.165. The van der Waals surface area contributed by atoms with Crippen LogP contribution in [0.4, 0.5) is 4.79 Å². The number of phenols is 1. The van der Waals surface area contributed by atoms with E-state index in [-0.39, 0.29) is 31.0 Å². The van der Waals surface area contributed by atoms with Crippen LogP contribution in [0.3, 0.4) is 0 Å². The van der Waals surface area contributed by atoms with Crippen LogP contribution in [0.25, 0.3) is 11.6 Å². The van der Waals surface area contributed by atoms with Crippen molar-refractivity contribution in [2.24, 2.45) is 17.8 Å². The number of hydrogen-bond donors (Lipinski definition) is 1. The zero-order valence-corrected chi connectivity index (χ0v) is 25.7. The lowest BCUT2D eigenvalue weighted by Gasteiger charge is -2.31. The van der Waals surface area contributed by atoms with Gasteiger partial charge in [-0.2, -0.15) is 4.90 Å². The van der Waals surface area contributed by atoms with E-state index in [1.54, 1.807) is 12.1 Å². The summed E-state index contributed by atoms with van der Waals surface area (Å²) in [5.74, 6) is -1.90. The van der Waals surface area contributed by atoms with E-state index < -0.39 is 29.7 Å². The van der Waals surface area contributed by atoms with E-state index in [1.807, 2.05) is 72.8 Å². The molecule has 0 saturated carbocycles. The number of halogens is 1. The summed E-state index contributed by atoms with van der Waals surface area (Å²) in [6, 6.07) is 24.7. The molecule has 0 radical (unpaired) electrons. The van der Waals surface area contributed by atoms with Gasteiger partial charge in [0.1, 0.15) is 18.1 Å². The van der Waals surface area contributed by atoms with E-state index in [0.717, 1.165) is 33.9 Å².